The van der Waals surface area contributed by atoms with E-state index in [-0.39, 0.29) is 11.9 Å². The van der Waals surface area contributed by atoms with Crippen LogP contribution in [0.25, 0.3) is 0 Å². The van der Waals surface area contributed by atoms with Crippen LogP contribution < -0.4 is 10.6 Å². The number of carbonyl (C=O) groups excluding carboxylic acids is 1. The molecule has 2 heterocycles. The van der Waals surface area contributed by atoms with Crippen molar-refractivity contribution < 1.29 is 4.79 Å². The minimum atomic E-state index is -0.0441. The molecule has 1 amide bonds. The van der Waals surface area contributed by atoms with Gasteiger partial charge in [-0.3, -0.25) is 9.48 Å². The molecule has 0 aliphatic carbocycles. The van der Waals surface area contributed by atoms with Crippen LogP contribution in [0.15, 0.2) is 12.3 Å². The lowest BCUT2D eigenvalue weighted by Gasteiger charge is -2.35. The second kappa shape index (κ2) is 4.87. The SMILES string of the molecule is CC1CCNC(C)C1NC(=O)c1ccnn1C. The maximum atomic E-state index is 12.1. The molecule has 1 aromatic rings. The number of hydrogen-bond donors (Lipinski definition) is 2. The van der Waals surface area contributed by atoms with Crippen molar-refractivity contribution >= 4 is 5.91 Å². The van der Waals surface area contributed by atoms with E-state index in [1.54, 1.807) is 24.0 Å². The van der Waals surface area contributed by atoms with E-state index in [1.807, 2.05) is 0 Å². The number of nitrogens with one attached hydrogen (secondary N) is 2. The Kier molecular flexibility index (Phi) is 3.47. The van der Waals surface area contributed by atoms with Gasteiger partial charge in [-0.25, -0.2) is 0 Å². The van der Waals surface area contributed by atoms with E-state index in [0.29, 0.717) is 17.7 Å². The maximum Gasteiger partial charge on any atom is 0.269 e. The molecule has 0 aromatic carbocycles. The molecule has 17 heavy (non-hydrogen) atoms. The van der Waals surface area contributed by atoms with E-state index < -0.39 is 0 Å². The fourth-order valence-corrected chi connectivity index (χ4v) is 2.43. The summed E-state index contributed by atoms with van der Waals surface area (Å²) in [4.78, 5) is 12.1. The maximum absolute atomic E-state index is 12.1. The van der Waals surface area contributed by atoms with Crippen molar-refractivity contribution in [3.63, 3.8) is 0 Å². The minimum absolute atomic E-state index is 0.0441. The van der Waals surface area contributed by atoms with Crippen molar-refractivity contribution in [1.82, 2.24) is 20.4 Å². The Labute approximate surface area is 102 Å². The van der Waals surface area contributed by atoms with Gasteiger partial charge < -0.3 is 10.6 Å². The fourth-order valence-electron chi connectivity index (χ4n) is 2.43. The predicted octanol–water partition coefficient (Wildman–Crippen LogP) is 0.536. The summed E-state index contributed by atoms with van der Waals surface area (Å²) in [6.45, 7) is 5.33. The zero-order valence-electron chi connectivity index (χ0n) is 10.6. The molecule has 2 rings (SSSR count). The highest BCUT2D eigenvalue weighted by atomic mass is 16.2. The van der Waals surface area contributed by atoms with Crippen LogP contribution in [-0.4, -0.2) is 34.3 Å². The number of hydrogen-bond acceptors (Lipinski definition) is 3. The average Bonchev–Trinajstić information content (AvgIpc) is 2.70. The largest absolute Gasteiger partial charge is 0.346 e. The van der Waals surface area contributed by atoms with Crippen molar-refractivity contribution in [2.24, 2.45) is 13.0 Å². The van der Waals surface area contributed by atoms with E-state index in [2.05, 4.69) is 29.6 Å². The summed E-state index contributed by atoms with van der Waals surface area (Å²) in [6.07, 6.45) is 2.74. The average molecular weight is 236 g/mol. The topological polar surface area (TPSA) is 58.9 Å². The van der Waals surface area contributed by atoms with Gasteiger partial charge in [0, 0.05) is 25.3 Å². The van der Waals surface area contributed by atoms with E-state index in [1.165, 1.54) is 0 Å². The Balaban J connectivity index is 2.05. The van der Waals surface area contributed by atoms with E-state index in [9.17, 15) is 4.79 Å². The Morgan fingerprint density at radius 3 is 2.94 bits per heavy atom. The Morgan fingerprint density at radius 2 is 2.35 bits per heavy atom. The highest BCUT2D eigenvalue weighted by Gasteiger charge is 2.29. The van der Waals surface area contributed by atoms with Gasteiger partial charge in [0.15, 0.2) is 0 Å². The fraction of sp³-hybridized carbons (Fsp3) is 0.667. The number of rotatable bonds is 2. The molecular weight excluding hydrogens is 216 g/mol. The third-order valence-electron chi connectivity index (χ3n) is 3.57. The molecule has 1 saturated heterocycles. The third-order valence-corrected chi connectivity index (χ3v) is 3.57. The standard InChI is InChI=1S/C12H20N4O/c1-8-4-6-13-9(2)11(8)15-12(17)10-5-7-14-16(10)3/h5,7-9,11,13H,4,6H2,1-3H3,(H,15,17). The molecule has 3 atom stereocenters. The second-order valence-electron chi connectivity index (χ2n) is 4.85. The van der Waals surface area contributed by atoms with Gasteiger partial charge in [-0.05, 0) is 31.9 Å². The lowest BCUT2D eigenvalue weighted by atomic mass is 9.89. The molecule has 3 unspecified atom stereocenters. The summed E-state index contributed by atoms with van der Waals surface area (Å²) in [5, 5.41) is 10.5. The molecule has 94 valence electrons. The highest BCUT2D eigenvalue weighted by molar-refractivity contribution is 5.92. The second-order valence-corrected chi connectivity index (χ2v) is 4.85. The van der Waals surface area contributed by atoms with Gasteiger partial charge in [0.1, 0.15) is 5.69 Å². The van der Waals surface area contributed by atoms with Gasteiger partial charge in [0.05, 0.1) is 0 Å². The summed E-state index contributed by atoms with van der Waals surface area (Å²) < 4.78 is 1.60. The van der Waals surface area contributed by atoms with Gasteiger partial charge in [0.25, 0.3) is 5.91 Å². The van der Waals surface area contributed by atoms with Gasteiger partial charge >= 0.3 is 0 Å². The van der Waals surface area contributed by atoms with Gasteiger partial charge in [-0.15, -0.1) is 0 Å². The van der Waals surface area contributed by atoms with Crippen LogP contribution in [0, 0.1) is 5.92 Å². The van der Waals surface area contributed by atoms with Crippen LogP contribution in [0.5, 0.6) is 0 Å². The summed E-state index contributed by atoms with van der Waals surface area (Å²) in [5.74, 6) is 0.459. The normalized spacial score (nSPS) is 29.0. The van der Waals surface area contributed by atoms with Crippen molar-refractivity contribution in [3.8, 4) is 0 Å². The minimum Gasteiger partial charge on any atom is -0.346 e. The zero-order valence-corrected chi connectivity index (χ0v) is 10.6. The Hall–Kier alpha value is -1.36. The molecule has 5 heteroatoms. The van der Waals surface area contributed by atoms with Crippen LogP contribution in [0.2, 0.25) is 0 Å². The molecule has 5 nitrogen and oxygen atoms in total. The number of aryl methyl sites for hydroxylation is 1. The first kappa shape index (κ1) is 12.1. The molecule has 1 fully saturated rings. The summed E-state index contributed by atoms with van der Waals surface area (Å²) in [6, 6.07) is 2.24. The van der Waals surface area contributed by atoms with Crippen LogP contribution in [0.3, 0.4) is 0 Å². The Bertz CT molecular complexity index is 391. The first-order valence-electron chi connectivity index (χ1n) is 6.12. The van der Waals surface area contributed by atoms with E-state index >= 15 is 0 Å². The molecule has 1 aromatic heterocycles. The number of nitrogens with zero attached hydrogens (tertiary/aromatic N) is 2. The smallest absolute Gasteiger partial charge is 0.269 e. The molecule has 2 N–H and O–H groups in total. The summed E-state index contributed by atoms with van der Waals surface area (Å²) in [7, 11) is 1.78. The van der Waals surface area contributed by atoms with Crippen LogP contribution in [0.1, 0.15) is 30.8 Å². The zero-order chi connectivity index (χ0) is 12.4. The van der Waals surface area contributed by atoms with Crippen molar-refractivity contribution in [3.05, 3.63) is 18.0 Å². The Morgan fingerprint density at radius 1 is 1.59 bits per heavy atom. The molecule has 1 aliphatic rings. The molecule has 0 radical (unpaired) electrons. The third kappa shape index (κ3) is 2.49. The molecule has 0 saturated carbocycles. The lowest BCUT2D eigenvalue weighted by Crippen LogP contribution is -2.56. The molecule has 1 aliphatic heterocycles. The van der Waals surface area contributed by atoms with Crippen molar-refractivity contribution in [2.75, 3.05) is 6.54 Å². The van der Waals surface area contributed by atoms with Gasteiger partial charge in [0.2, 0.25) is 0 Å². The molecular formula is C12H20N4O. The monoisotopic (exact) mass is 236 g/mol. The van der Waals surface area contributed by atoms with Crippen LogP contribution >= 0.6 is 0 Å². The molecule has 0 bridgehead atoms. The summed E-state index contributed by atoms with van der Waals surface area (Å²) >= 11 is 0. The van der Waals surface area contributed by atoms with Gasteiger partial charge in [-0.2, -0.15) is 5.10 Å². The number of carbonyl (C=O) groups is 1. The first-order valence-corrected chi connectivity index (χ1v) is 6.12. The number of aromatic nitrogens is 2. The van der Waals surface area contributed by atoms with E-state index in [4.69, 9.17) is 0 Å². The van der Waals surface area contributed by atoms with Gasteiger partial charge in [-0.1, -0.05) is 6.92 Å². The quantitative estimate of drug-likeness (QED) is 0.788. The van der Waals surface area contributed by atoms with Crippen LogP contribution in [0.4, 0.5) is 0 Å². The first-order chi connectivity index (χ1) is 8.09. The van der Waals surface area contributed by atoms with Crippen molar-refractivity contribution in [2.45, 2.75) is 32.4 Å². The van der Waals surface area contributed by atoms with Crippen LogP contribution in [-0.2, 0) is 7.05 Å². The lowest BCUT2D eigenvalue weighted by molar-refractivity contribution is 0.0888. The van der Waals surface area contributed by atoms with Crippen molar-refractivity contribution in [1.29, 1.82) is 0 Å². The highest BCUT2D eigenvalue weighted by Crippen LogP contribution is 2.16. The predicted molar refractivity (Wildman–Crippen MR) is 65.7 cm³/mol. The van der Waals surface area contributed by atoms with E-state index in [0.717, 1.165) is 13.0 Å². The number of piperidine rings is 1. The summed E-state index contributed by atoms with van der Waals surface area (Å²) in [5.41, 5.74) is 0.606. The number of amides is 1. The molecule has 0 spiro atoms.